The van der Waals surface area contributed by atoms with Crippen molar-refractivity contribution in [3.8, 4) is 0 Å². The molecule has 4 N–H and O–H groups in total. The maximum atomic E-state index is 6.04. The van der Waals surface area contributed by atoms with E-state index in [2.05, 4.69) is 0 Å². The SMILES string of the molecule is COC1CCCCCC(N(C)N)=C1N. The molecule has 1 atom stereocenters. The van der Waals surface area contributed by atoms with Crippen LogP contribution < -0.4 is 11.6 Å². The average molecular weight is 199 g/mol. The third-order valence-electron chi connectivity index (χ3n) is 2.77. The fourth-order valence-corrected chi connectivity index (χ4v) is 1.91. The van der Waals surface area contributed by atoms with E-state index in [1.807, 2.05) is 7.05 Å². The van der Waals surface area contributed by atoms with Gasteiger partial charge in [-0.2, -0.15) is 0 Å². The second-order valence-electron chi connectivity index (χ2n) is 3.84. The van der Waals surface area contributed by atoms with E-state index in [0.717, 1.165) is 30.7 Å². The van der Waals surface area contributed by atoms with Crippen LogP contribution in [-0.2, 0) is 4.74 Å². The van der Waals surface area contributed by atoms with E-state index in [0.29, 0.717) is 0 Å². The second-order valence-corrected chi connectivity index (χ2v) is 3.84. The van der Waals surface area contributed by atoms with Crippen molar-refractivity contribution in [1.82, 2.24) is 5.01 Å². The number of nitrogens with zero attached hydrogens (tertiary/aromatic N) is 1. The number of rotatable bonds is 2. The first-order chi connectivity index (χ1) is 6.66. The molecule has 0 fully saturated rings. The molecule has 1 rings (SSSR count). The fraction of sp³-hybridized carbons (Fsp3) is 0.800. The van der Waals surface area contributed by atoms with Crippen LogP contribution in [0.1, 0.15) is 32.1 Å². The minimum absolute atomic E-state index is 0.0382. The van der Waals surface area contributed by atoms with E-state index in [1.165, 1.54) is 12.8 Å². The maximum absolute atomic E-state index is 6.04. The second kappa shape index (κ2) is 5.22. The van der Waals surface area contributed by atoms with Gasteiger partial charge in [0.15, 0.2) is 0 Å². The number of nitrogens with two attached hydrogens (primary N) is 2. The van der Waals surface area contributed by atoms with Gasteiger partial charge in [-0.05, 0) is 19.3 Å². The highest BCUT2D eigenvalue weighted by Crippen LogP contribution is 2.22. The summed E-state index contributed by atoms with van der Waals surface area (Å²) in [5.41, 5.74) is 7.86. The van der Waals surface area contributed by atoms with Gasteiger partial charge < -0.3 is 15.5 Å². The van der Waals surface area contributed by atoms with Crippen LogP contribution in [-0.4, -0.2) is 25.3 Å². The molecule has 1 unspecified atom stereocenters. The van der Waals surface area contributed by atoms with Gasteiger partial charge in [0.25, 0.3) is 0 Å². The molecule has 82 valence electrons. The van der Waals surface area contributed by atoms with Crippen molar-refractivity contribution in [3.63, 3.8) is 0 Å². The molecule has 0 aromatic rings. The molecule has 0 aromatic heterocycles. The summed E-state index contributed by atoms with van der Waals surface area (Å²) in [7, 11) is 3.53. The van der Waals surface area contributed by atoms with E-state index >= 15 is 0 Å². The average Bonchev–Trinajstić information content (AvgIpc) is 2.12. The monoisotopic (exact) mass is 199 g/mol. The van der Waals surface area contributed by atoms with Gasteiger partial charge in [-0.1, -0.05) is 12.8 Å². The van der Waals surface area contributed by atoms with Crippen molar-refractivity contribution in [2.45, 2.75) is 38.2 Å². The lowest BCUT2D eigenvalue weighted by Crippen LogP contribution is -2.33. The van der Waals surface area contributed by atoms with Crippen LogP contribution in [0.25, 0.3) is 0 Å². The lowest BCUT2D eigenvalue weighted by atomic mass is 9.99. The molecule has 0 aliphatic heterocycles. The standard InChI is InChI=1S/C10H21N3O/c1-13(12)8-6-4-3-5-7-9(14-2)10(8)11/h9H,3-7,11-12H2,1-2H3. The first-order valence-electron chi connectivity index (χ1n) is 5.16. The number of allylic oxidation sites excluding steroid dienone is 1. The van der Waals surface area contributed by atoms with E-state index < -0.39 is 0 Å². The van der Waals surface area contributed by atoms with E-state index in [4.69, 9.17) is 16.3 Å². The number of hydrogen-bond acceptors (Lipinski definition) is 4. The predicted molar refractivity (Wildman–Crippen MR) is 57.0 cm³/mol. The highest BCUT2D eigenvalue weighted by Gasteiger charge is 2.18. The fourth-order valence-electron chi connectivity index (χ4n) is 1.91. The van der Waals surface area contributed by atoms with Gasteiger partial charge in [0.05, 0.1) is 17.5 Å². The van der Waals surface area contributed by atoms with Crippen molar-refractivity contribution in [1.29, 1.82) is 0 Å². The predicted octanol–water partition coefficient (Wildman–Crippen LogP) is 0.941. The molecule has 0 saturated heterocycles. The van der Waals surface area contributed by atoms with Crippen LogP contribution in [0.5, 0.6) is 0 Å². The summed E-state index contributed by atoms with van der Waals surface area (Å²) in [6.07, 6.45) is 5.56. The van der Waals surface area contributed by atoms with Gasteiger partial charge in [0.1, 0.15) is 0 Å². The lowest BCUT2D eigenvalue weighted by molar-refractivity contribution is 0.114. The summed E-state index contributed by atoms with van der Waals surface area (Å²) < 4.78 is 5.35. The van der Waals surface area contributed by atoms with Crippen LogP contribution in [0, 0.1) is 0 Å². The smallest absolute Gasteiger partial charge is 0.0981 e. The maximum Gasteiger partial charge on any atom is 0.0981 e. The topological polar surface area (TPSA) is 64.5 Å². The largest absolute Gasteiger partial charge is 0.398 e. The zero-order valence-electron chi connectivity index (χ0n) is 9.12. The summed E-state index contributed by atoms with van der Waals surface area (Å²) >= 11 is 0. The normalized spacial score (nSPS) is 24.4. The molecule has 1 aliphatic carbocycles. The van der Waals surface area contributed by atoms with Crippen LogP contribution in [0.2, 0.25) is 0 Å². The van der Waals surface area contributed by atoms with Crippen molar-refractivity contribution in [2.75, 3.05) is 14.2 Å². The molecule has 1 aliphatic rings. The Bertz CT molecular complexity index is 213. The molecule has 0 bridgehead atoms. The van der Waals surface area contributed by atoms with Crippen molar-refractivity contribution in [3.05, 3.63) is 11.4 Å². The van der Waals surface area contributed by atoms with E-state index in [9.17, 15) is 0 Å². The quantitative estimate of drug-likeness (QED) is 0.513. The molecule has 4 heteroatoms. The molecule has 0 aromatic carbocycles. The van der Waals surface area contributed by atoms with Crippen LogP contribution >= 0.6 is 0 Å². The highest BCUT2D eigenvalue weighted by molar-refractivity contribution is 5.14. The number of hydrogen-bond donors (Lipinski definition) is 2. The number of methoxy groups -OCH3 is 1. The summed E-state index contributed by atoms with van der Waals surface area (Å²) in [6, 6.07) is 0. The van der Waals surface area contributed by atoms with E-state index in [1.54, 1.807) is 12.1 Å². The minimum Gasteiger partial charge on any atom is -0.398 e. The van der Waals surface area contributed by atoms with Gasteiger partial charge in [-0.25, -0.2) is 5.84 Å². The Morgan fingerprint density at radius 1 is 1.36 bits per heavy atom. The zero-order valence-corrected chi connectivity index (χ0v) is 9.12. The number of hydrazine groups is 1. The molecular formula is C10H21N3O. The van der Waals surface area contributed by atoms with Gasteiger partial charge in [0.2, 0.25) is 0 Å². The van der Waals surface area contributed by atoms with E-state index in [-0.39, 0.29) is 6.10 Å². The Morgan fingerprint density at radius 3 is 2.64 bits per heavy atom. The molecule has 0 heterocycles. The highest BCUT2D eigenvalue weighted by atomic mass is 16.5. The third kappa shape index (κ3) is 2.62. The molecule has 0 saturated carbocycles. The zero-order chi connectivity index (χ0) is 10.6. The Hall–Kier alpha value is -0.740. The van der Waals surface area contributed by atoms with Gasteiger partial charge in [-0.15, -0.1) is 0 Å². The molecule has 0 spiro atoms. The van der Waals surface area contributed by atoms with Crippen LogP contribution in [0.3, 0.4) is 0 Å². The molecule has 14 heavy (non-hydrogen) atoms. The third-order valence-corrected chi connectivity index (χ3v) is 2.77. The van der Waals surface area contributed by atoms with Crippen molar-refractivity contribution >= 4 is 0 Å². The first kappa shape index (κ1) is 11.3. The Morgan fingerprint density at radius 2 is 2.07 bits per heavy atom. The van der Waals surface area contributed by atoms with Crippen LogP contribution in [0.15, 0.2) is 11.4 Å². The Kier molecular flexibility index (Phi) is 4.22. The van der Waals surface area contributed by atoms with Crippen molar-refractivity contribution in [2.24, 2.45) is 11.6 Å². The van der Waals surface area contributed by atoms with Crippen LogP contribution in [0.4, 0.5) is 0 Å². The summed E-state index contributed by atoms with van der Waals surface area (Å²) in [4.78, 5) is 0. The Labute approximate surface area is 85.9 Å². The first-order valence-corrected chi connectivity index (χ1v) is 5.16. The molecule has 4 nitrogen and oxygen atoms in total. The molecule has 0 radical (unpaired) electrons. The summed E-state index contributed by atoms with van der Waals surface area (Å²) in [6.45, 7) is 0. The van der Waals surface area contributed by atoms with Gasteiger partial charge in [0, 0.05) is 14.2 Å². The number of ether oxygens (including phenoxy) is 1. The lowest BCUT2D eigenvalue weighted by Gasteiger charge is -2.26. The van der Waals surface area contributed by atoms with Crippen molar-refractivity contribution < 1.29 is 4.74 Å². The molecule has 0 amide bonds. The molecular weight excluding hydrogens is 178 g/mol. The summed E-state index contributed by atoms with van der Waals surface area (Å²) in [5, 5.41) is 1.62. The Balaban J connectivity index is 2.85. The summed E-state index contributed by atoms with van der Waals surface area (Å²) in [5.74, 6) is 5.73. The van der Waals surface area contributed by atoms with Gasteiger partial charge in [-0.3, -0.25) is 0 Å². The minimum atomic E-state index is 0.0382. The van der Waals surface area contributed by atoms with Gasteiger partial charge >= 0.3 is 0 Å².